The van der Waals surface area contributed by atoms with Crippen LogP contribution in [0.1, 0.15) is 12.5 Å². The van der Waals surface area contributed by atoms with Gasteiger partial charge in [0.25, 0.3) is 0 Å². The number of aromatic hydroxyl groups is 1. The molecule has 1 unspecified atom stereocenters. The molecule has 0 bridgehead atoms. The third kappa shape index (κ3) is 3.77. The van der Waals surface area contributed by atoms with E-state index >= 15 is 0 Å². The monoisotopic (exact) mass is 194 g/mol. The fraction of sp³-hybridized carbons (Fsp3) is 0.455. The van der Waals surface area contributed by atoms with Gasteiger partial charge in [-0.2, -0.15) is 0 Å². The minimum Gasteiger partial charge on any atom is -0.508 e. The van der Waals surface area contributed by atoms with E-state index in [9.17, 15) is 5.11 Å². The lowest BCUT2D eigenvalue weighted by Crippen LogP contribution is -2.32. The van der Waals surface area contributed by atoms with Gasteiger partial charge >= 0.3 is 0 Å². The van der Waals surface area contributed by atoms with Crippen LogP contribution >= 0.6 is 0 Å². The Labute approximate surface area is 84.9 Å². The van der Waals surface area contributed by atoms with Gasteiger partial charge < -0.3 is 16.2 Å². The number of hydrogen-bond acceptors (Lipinski definition) is 3. The van der Waals surface area contributed by atoms with Crippen LogP contribution in [0, 0.1) is 0 Å². The van der Waals surface area contributed by atoms with Crippen molar-refractivity contribution in [2.45, 2.75) is 19.4 Å². The summed E-state index contributed by atoms with van der Waals surface area (Å²) in [4.78, 5) is 0. The van der Waals surface area contributed by atoms with Gasteiger partial charge in [0.15, 0.2) is 0 Å². The van der Waals surface area contributed by atoms with E-state index in [2.05, 4.69) is 12.2 Å². The van der Waals surface area contributed by atoms with Gasteiger partial charge in [0.2, 0.25) is 0 Å². The van der Waals surface area contributed by atoms with E-state index in [0.29, 0.717) is 18.3 Å². The number of nitrogens with two attached hydrogens (primary N) is 1. The van der Waals surface area contributed by atoms with Gasteiger partial charge in [-0.05, 0) is 31.0 Å². The van der Waals surface area contributed by atoms with Crippen LogP contribution < -0.4 is 11.1 Å². The molecular weight excluding hydrogens is 176 g/mol. The van der Waals surface area contributed by atoms with Crippen molar-refractivity contribution < 1.29 is 5.11 Å². The summed E-state index contributed by atoms with van der Waals surface area (Å²) in [6, 6.07) is 7.74. The Kier molecular flexibility index (Phi) is 4.43. The molecule has 0 fully saturated rings. The first-order valence-corrected chi connectivity index (χ1v) is 4.93. The van der Waals surface area contributed by atoms with Crippen LogP contribution in [0.3, 0.4) is 0 Å². The molecule has 1 rings (SSSR count). The fourth-order valence-corrected chi connectivity index (χ4v) is 1.44. The molecule has 3 heteroatoms. The summed E-state index contributed by atoms with van der Waals surface area (Å²) in [6.07, 6.45) is 0.911. The van der Waals surface area contributed by atoms with E-state index in [1.54, 1.807) is 12.1 Å². The van der Waals surface area contributed by atoms with Crippen LogP contribution in [-0.4, -0.2) is 24.2 Å². The largest absolute Gasteiger partial charge is 0.508 e. The van der Waals surface area contributed by atoms with Crippen molar-refractivity contribution >= 4 is 0 Å². The van der Waals surface area contributed by atoms with E-state index in [-0.39, 0.29) is 0 Å². The van der Waals surface area contributed by atoms with Crippen molar-refractivity contribution in [2.75, 3.05) is 13.1 Å². The minimum absolute atomic E-state index is 0.327. The second kappa shape index (κ2) is 5.62. The van der Waals surface area contributed by atoms with Crippen molar-refractivity contribution in [3.63, 3.8) is 0 Å². The fourth-order valence-electron chi connectivity index (χ4n) is 1.44. The molecule has 78 valence electrons. The quantitative estimate of drug-likeness (QED) is 0.652. The molecule has 0 saturated carbocycles. The standard InChI is InChI=1S/C11H18N2O/c1-9(13-6-5-12)7-10-3-2-4-11(14)8-10/h2-4,8-9,13-14H,5-7,12H2,1H3. The highest BCUT2D eigenvalue weighted by molar-refractivity contribution is 5.27. The average molecular weight is 194 g/mol. The van der Waals surface area contributed by atoms with E-state index in [4.69, 9.17) is 5.73 Å². The van der Waals surface area contributed by atoms with E-state index in [0.717, 1.165) is 18.5 Å². The smallest absolute Gasteiger partial charge is 0.115 e. The van der Waals surface area contributed by atoms with Crippen molar-refractivity contribution in [1.82, 2.24) is 5.32 Å². The van der Waals surface area contributed by atoms with E-state index < -0.39 is 0 Å². The van der Waals surface area contributed by atoms with Crippen molar-refractivity contribution in [2.24, 2.45) is 5.73 Å². The molecule has 0 aromatic heterocycles. The summed E-state index contributed by atoms with van der Waals surface area (Å²) in [6.45, 7) is 3.60. The lowest BCUT2D eigenvalue weighted by molar-refractivity contribution is 0.473. The Morgan fingerprint density at radius 1 is 1.50 bits per heavy atom. The van der Waals surface area contributed by atoms with Crippen LogP contribution in [0.15, 0.2) is 24.3 Å². The molecule has 0 heterocycles. The highest BCUT2D eigenvalue weighted by Gasteiger charge is 2.02. The topological polar surface area (TPSA) is 58.3 Å². The molecule has 0 spiro atoms. The molecule has 4 N–H and O–H groups in total. The summed E-state index contributed by atoms with van der Waals surface area (Å²) in [5.41, 5.74) is 6.53. The Bertz CT molecular complexity index is 276. The molecule has 3 nitrogen and oxygen atoms in total. The Morgan fingerprint density at radius 2 is 2.29 bits per heavy atom. The SMILES string of the molecule is CC(Cc1cccc(O)c1)NCCN. The van der Waals surface area contributed by atoms with Crippen LogP contribution in [0.2, 0.25) is 0 Å². The molecule has 0 aliphatic heterocycles. The normalized spacial score (nSPS) is 12.7. The lowest BCUT2D eigenvalue weighted by atomic mass is 10.1. The molecule has 0 saturated heterocycles. The predicted molar refractivity (Wildman–Crippen MR) is 58.3 cm³/mol. The van der Waals surface area contributed by atoms with Gasteiger partial charge in [0.05, 0.1) is 0 Å². The zero-order valence-corrected chi connectivity index (χ0v) is 8.53. The number of hydrogen-bond donors (Lipinski definition) is 3. The first kappa shape index (κ1) is 11.0. The average Bonchev–Trinajstić information content (AvgIpc) is 2.15. The van der Waals surface area contributed by atoms with Crippen LogP contribution in [0.25, 0.3) is 0 Å². The predicted octanol–water partition coefficient (Wildman–Crippen LogP) is 0.871. The van der Waals surface area contributed by atoms with Crippen molar-refractivity contribution in [3.8, 4) is 5.75 Å². The van der Waals surface area contributed by atoms with Gasteiger partial charge in [-0.15, -0.1) is 0 Å². The van der Waals surface area contributed by atoms with Gasteiger partial charge in [-0.1, -0.05) is 12.1 Å². The Morgan fingerprint density at radius 3 is 2.93 bits per heavy atom. The highest BCUT2D eigenvalue weighted by Crippen LogP contribution is 2.12. The molecule has 1 aromatic rings. The lowest BCUT2D eigenvalue weighted by Gasteiger charge is -2.12. The van der Waals surface area contributed by atoms with Crippen LogP contribution in [0.5, 0.6) is 5.75 Å². The molecule has 14 heavy (non-hydrogen) atoms. The molecule has 1 aromatic carbocycles. The maximum absolute atomic E-state index is 9.26. The van der Waals surface area contributed by atoms with Crippen molar-refractivity contribution in [3.05, 3.63) is 29.8 Å². The third-order valence-corrected chi connectivity index (χ3v) is 2.09. The van der Waals surface area contributed by atoms with Crippen molar-refractivity contribution in [1.29, 1.82) is 0 Å². The Hall–Kier alpha value is -1.06. The zero-order valence-electron chi connectivity index (χ0n) is 8.53. The van der Waals surface area contributed by atoms with Gasteiger partial charge in [-0.3, -0.25) is 0 Å². The number of phenols is 1. The van der Waals surface area contributed by atoms with E-state index in [1.807, 2.05) is 12.1 Å². The first-order chi connectivity index (χ1) is 6.72. The van der Waals surface area contributed by atoms with Crippen LogP contribution in [0.4, 0.5) is 0 Å². The number of benzene rings is 1. The summed E-state index contributed by atoms with van der Waals surface area (Å²) in [5, 5.41) is 12.6. The molecule has 0 radical (unpaired) electrons. The third-order valence-electron chi connectivity index (χ3n) is 2.09. The minimum atomic E-state index is 0.327. The maximum Gasteiger partial charge on any atom is 0.115 e. The summed E-state index contributed by atoms with van der Waals surface area (Å²) >= 11 is 0. The number of phenolic OH excluding ortho intramolecular Hbond substituents is 1. The molecular formula is C11H18N2O. The molecule has 0 aliphatic rings. The first-order valence-electron chi connectivity index (χ1n) is 4.93. The molecule has 0 aliphatic carbocycles. The second-order valence-electron chi connectivity index (χ2n) is 3.52. The summed E-state index contributed by atoms with van der Waals surface area (Å²) < 4.78 is 0. The maximum atomic E-state index is 9.26. The highest BCUT2D eigenvalue weighted by atomic mass is 16.3. The summed E-state index contributed by atoms with van der Waals surface area (Å²) in [5.74, 6) is 0.327. The second-order valence-corrected chi connectivity index (χ2v) is 3.52. The molecule has 1 atom stereocenters. The molecule has 0 amide bonds. The van der Waals surface area contributed by atoms with Gasteiger partial charge in [-0.25, -0.2) is 0 Å². The van der Waals surface area contributed by atoms with Crippen LogP contribution in [-0.2, 0) is 6.42 Å². The number of nitrogens with one attached hydrogen (secondary N) is 1. The zero-order chi connectivity index (χ0) is 10.4. The van der Waals surface area contributed by atoms with E-state index in [1.165, 1.54) is 0 Å². The Balaban J connectivity index is 2.43. The number of rotatable bonds is 5. The van der Waals surface area contributed by atoms with Gasteiger partial charge in [0.1, 0.15) is 5.75 Å². The van der Waals surface area contributed by atoms with Gasteiger partial charge in [0, 0.05) is 19.1 Å². The summed E-state index contributed by atoms with van der Waals surface area (Å²) in [7, 11) is 0.